The van der Waals surface area contributed by atoms with Gasteiger partial charge >= 0.3 is 0 Å². The zero-order valence-corrected chi connectivity index (χ0v) is 15.1. The van der Waals surface area contributed by atoms with Gasteiger partial charge in [-0.25, -0.2) is 14.4 Å². The lowest BCUT2D eigenvalue weighted by Gasteiger charge is -2.33. The Morgan fingerprint density at radius 2 is 2.19 bits per heavy atom. The summed E-state index contributed by atoms with van der Waals surface area (Å²) in [4.78, 5) is 22.1. The molecule has 3 heterocycles. The number of hydrazine groups is 1. The fourth-order valence-corrected chi connectivity index (χ4v) is 4.51. The first-order valence-electron chi connectivity index (χ1n) is 9.54. The van der Waals surface area contributed by atoms with Gasteiger partial charge in [0.05, 0.1) is 6.54 Å². The van der Waals surface area contributed by atoms with Gasteiger partial charge < -0.3 is 4.90 Å². The highest BCUT2D eigenvalue weighted by Crippen LogP contribution is 2.37. The smallest absolute Gasteiger partial charge is 0.266 e. The quantitative estimate of drug-likeness (QED) is 0.680. The minimum Gasteiger partial charge on any atom is -0.307 e. The van der Waals surface area contributed by atoms with E-state index >= 15 is 0 Å². The van der Waals surface area contributed by atoms with Crippen LogP contribution in [0.1, 0.15) is 43.6 Å². The molecule has 3 N–H and O–H groups in total. The van der Waals surface area contributed by atoms with E-state index in [1.54, 1.807) is 12.4 Å². The zero-order valence-electron chi connectivity index (χ0n) is 15.1. The molecule has 0 aromatic carbocycles. The molecule has 0 bridgehead atoms. The number of rotatable bonds is 3. The van der Waals surface area contributed by atoms with Crippen molar-refractivity contribution in [2.75, 3.05) is 25.0 Å². The molecule has 144 valence electrons. The molecule has 2 saturated heterocycles. The molecule has 4 rings (SSSR count). The van der Waals surface area contributed by atoms with Crippen molar-refractivity contribution < 1.29 is 9.18 Å². The van der Waals surface area contributed by atoms with Crippen LogP contribution >= 0.6 is 0 Å². The fraction of sp³-hybridized carbons (Fsp3) is 0.667. The molecule has 3 aliphatic rings. The zero-order chi connectivity index (χ0) is 18.9. The third-order valence-electron chi connectivity index (χ3n) is 5.98. The van der Waals surface area contributed by atoms with Gasteiger partial charge in [-0.3, -0.25) is 21.0 Å². The Morgan fingerprint density at radius 3 is 2.96 bits per heavy atom. The van der Waals surface area contributed by atoms with Crippen LogP contribution in [0.3, 0.4) is 0 Å². The number of piperidine rings is 1. The van der Waals surface area contributed by atoms with Crippen LogP contribution < -0.4 is 16.2 Å². The Labute approximate surface area is 157 Å². The van der Waals surface area contributed by atoms with Gasteiger partial charge in [0.2, 0.25) is 11.6 Å². The summed E-state index contributed by atoms with van der Waals surface area (Å²) < 4.78 is 14.9. The molecule has 1 amide bonds. The second-order valence-corrected chi connectivity index (χ2v) is 7.73. The Kier molecular flexibility index (Phi) is 4.93. The highest BCUT2D eigenvalue weighted by Gasteiger charge is 2.43. The number of alkyl halides is 1. The average Bonchev–Trinajstić information content (AvgIpc) is 3.17. The summed E-state index contributed by atoms with van der Waals surface area (Å²) in [5.41, 5.74) is 5.53. The van der Waals surface area contributed by atoms with Crippen LogP contribution in [0.5, 0.6) is 0 Å². The minimum atomic E-state index is -2.09. The number of nitriles is 1. The van der Waals surface area contributed by atoms with E-state index < -0.39 is 11.6 Å². The summed E-state index contributed by atoms with van der Waals surface area (Å²) in [6, 6.07) is 0.371. The second kappa shape index (κ2) is 7.37. The van der Waals surface area contributed by atoms with Crippen LogP contribution in [-0.4, -0.2) is 52.1 Å². The molecule has 2 aliphatic heterocycles. The maximum absolute atomic E-state index is 14.9. The van der Waals surface area contributed by atoms with Crippen molar-refractivity contribution >= 4 is 11.9 Å². The number of carbonyl (C=O) groups excluding carboxylic acids is 1. The van der Waals surface area contributed by atoms with Crippen LogP contribution in [0.4, 0.5) is 10.3 Å². The summed E-state index contributed by atoms with van der Waals surface area (Å²) >= 11 is 0. The Hall–Kier alpha value is -2.31. The van der Waals surface area contributed by atoms with Crippen molar-refractivity contribution in [3.05, 3.63) is 18.0 Å². The molecule has 3 fully saturated rings. The molecule has 1 saturated carbocycles. The highest BCUT2D eigenvalue weighted by atomic mass is 19.1. The Bertz CT molecular complexity index is 736. The maximum atomic E-state index is 14.9. The number of carbonyl (C=O) groups is 1. The van der Waals surface area contributed by atoms with E-state index in [1.165, 1.54) is 17.7 Å². The maximum Gasteiger partial charge on any atom is 0.266 e. The molecule has 9 heteroatoms. The number of aromatic nitrogens is 2. The van der Waals surface area contributed by atoms with Gasteiger partial charge in [-0.2, -0.15) is 5.26 Å². The van der Waals surface area contributed by atoms with E-state index in [9.17, 15) is 9.18 Å². The highest BCUT2D eigenvalue weighted by molar-refractivity contribution is 5.96. The van der Waals surface area contributed by atoms with Gasteiger partial charge in [0.15, 0.2) is 6.19 Å². The first kappa shape index (κ1) is 18.1. The third-order valence-corrected chi connectivity index (χ3v) is 5.98. The molecule has 0 radical (unpaired) electrons. The monoisotopic (exact) mass is 373 g/mol. The number of likely N-dealkylation sites (tertiary alicyclic amines) is 1. The molecule has 0 spiro atoms. The number of amides is 1. The minimum absolute atomic E-state index is 0.0961. The van der Waals surface area contributed by atoms with Gasteiger partial charge in [0, 0.05) is 37.4 Å². The topological polar surface area (TPSA) is 106 Å². The van der Waals surface area contributed by atoms with Crippen LogP contribution in [0.2, 0.25) is 0 Å². The van der Waals surface area contributed by atoms with E-state index in [0.717, 1.165) is 18.5 Å². The molecule has 1 aromatic rings. The van der Waals surface area contributed by atoms with E-state index in [2.05, 4.69) is 26.1 Å². The largest absolute Gasteiger partial charge is 0.307 e. The summed E-state index contributed by atoms with van der Waals surface area (Å²) in [6.45, 7) is 1.23. The number of hydrogen-bond acceptors (Lipinski definition) is 7. The Balaban J connectivity index is 1.42. The van der Waals surface area contributed by atoms with Crippen LogP contribution in [-0.2, 0) is 4.79 Å². The second-order valence-electron chi connectivity index (χ2n) is 7.73. The third kappa shape index (κ3) is 3.59. The fourth-order valence-electron chi connectivity index (χ4n) is 4.51. The molecule has 8 nitrogen and oxygen atoms in total. The van der Waals surface area contributed by atoms with E-state index in [1.807, 2.05) is 6.19 Å². The van der Waals surface area contributed by atoms with Gasteiger partial charge in [0.25, 0.3) is 5.91 Å². The Morgan fingerprint density at radius 1 is 1.37 bits per heavy atom. The predicted molar refractivity (Wildman–Crippen MR) is 95.9 cm³/mol. The van der Waals surface area contributed by atoms with Crippen LogP contribution in [0.25, 0.3) is 0 Å². The van der Waals surface area contributed by atoms with E-state index in [4.69, 9.17) is 5.26 Å². The standard InChI is InChI=1S/C18H24FN7O/c19-18(5-2-6-26(10-18)11-20)16(27)24-17-21-7-13(8-22-17)14-4-1-3-12-9-23-25-15(12)14/h7-8,12,14-15,23,25H,1-6,9-10H2,(H,21,22,24,27)/t12?,14?,15?,18-/m1/s1. The van der Waals surface area contributed by atoms with Crippen molar-refractivity contribution in [1.29, 1.82) is 5.26 Å². The van der Waals surface area contributed by atoms with Gasteiger partial charge in [0.1, 0.15) is 0 Å². The SMILES string of the molecule is N#CN1CCC[C@](F)(C(=O)Nc2ncc(C3CCCC4CNNC43)cn2)C1. The molecular formula is C18H24FN7O. The van der Waals surface area contributed by atoms with Crippen molar-refractivity contribution in [2.45, 2.75) is 49.7 Å². The lowest BCUT2D eigenvalue weighted by Crippen LogP contribution is -2.51. The summed E-state index contributed by atoms with van der Waals surface area (Å²) in [7, 11) is 0. The number of nitrogens with zero attached hydrogens (tertiary/aromatic N) is 4. The first-order valence-corrected chi connectivity index (χ1v) is 9.54. The lowest BCUT2D eigenvalue weighted by molar-refractivity contribution is -0.130. The van der Waals surface area contributed by atoms with E-state index in [0.29, 0.717) is 30.8 Å². The van der Waals surface area contributed by atoms with Gasteiger partial charge in [-0.15, -0.1) is 0 Å². The molecular weight excluding hydrogens is 349 g/mol. The van der Waals surface area contributed by atoms with E-state index in [-0.39, 0.29) is 18.9 Å². The van der Waals surface area contributed by atoms with Crippen molar-refractivity contribution in [3.8, 4) is 6.19 Å². The average molecular weight is 373 g/mol. The normalized spacial score (nSPS) is 33.2. The van der Waals surface area contributed by atoms with Crippen LogP contribution in [0, 0.1) is 17.4 Å². The van der Waals surface area contributed by atoms with Crippen molar-refractivity contribution in [2.24, 2.45) is 5.92 Å². The molecule has 1 aromatic heterocycles. The predicted octanol–water partition coefficient (Wildman–Crippen LogP) is 1.06. The van der Waals surface area contributed by atoms with Crippen molar-refractivity contribution in [3.63, 3.8) is 0 Å². The summed E-state index contributed by atoms with van der Waals surface area (Å²) in [5.74, 6) is 0.261. The number of nitrogens with one attached hydrogen (secondary N) is 3. The number of anilines is 1. The molecule has 27 heavy (non-hydrogen) atoms. The van der Waals surface area contributed by atoms with Crippen LogP contribution in [0.15, 0.2) is 12.4 Å². The summed E-state index contributed by atoms with van der Waals surface area (Å²) in [5, 5.41) is 11.4. The molecule has 4 atom stereocenters. The molecule has 3 unspecified atom stereocenters. The number of halogens is 1. The first-order chi connectivity index (χ1) is 13.1. The van der Waals surface area contributed by atoms with Gasteiger partial charge in [-0.05, 0) is 37.2 Å². The van der Waals surface area contributed by atoms with Crippen molar-refractivity contribution in [1.82, 2.24) is 25.7 Å². The molecule has 1 aliphatic carbocycles. The van der Waals surface area contributed by atoms with Gasteiger partial charge in [-0.1, -0.05) is 6.42 Å². The summed E-state index contributed by atoms with van der Waals surface area (Å²) in [6.07, 6.45) is 9.38. The number of fused-ring (bicyclic) bond motifs is 1. The lowest BCUT2D eigenvalue weighted by atomic mass is 9.75. The number of hydrogen-bond donors (Lipinski definition) is 3.